The van der Waals surface area contributed by atoms with Gasteiger partial charge in [0.2, 0.25) is 0 Å². The van der Waals surface area contributed by atoms with E-state index in [1.807, 2.05) is 19.1 Å². The molecule has 0 bridgehead atoms. The number of nitrogen functional groups attached to an aromatic ring is 1. The largest absolute Gasteiger partial charge is 0.395 e. The predicted octanol–water partition coefficient (Wildman–Crippen LogP) is 1.61. The number of nitrogens with zero attached hydrogens (tertiary/aromatic N) is 3. The van der Waals surface area contributed by atoms with Crippen LogP contribution in [0.25, 0.3) is 11.1 Å². The molecule has 2 heterocycles. The van der Waals surface area contributed by atoms with Crippen LogP contribution in [-0.4, -0.2) is 34.2 Å². The van der Waals surface area contributed by atoms with Gasteiger partial charge in [0.05, 0.1) is 12.2 Å². The van der Waals surface area contributed by atoms with Gasteiger partial charge in [0, 0.05) is 31.0 Å². The first-order chi connectivity index (χ1) is 8.77. The molecule has 5 nitrogen and oxygen atoms in total. The Bertz CT molecular complexity index is 500. The van der Waals surface area contributed by atoms with Crippen molar-refractivity contribution in [3.05, 3.63) is 24.5 Å². The molecule has 0 aliphatic carbocycles. The maximum atomic E-state index is 9.10. The fraction of sp³-hybridized carbons (Fsp3) is 0.333. The van der Waals surface area contributed by atoms with E-state index >= 15 is 0 Å². The van der Waals surface area contributed by atoms with Gasteiger partial charge < -0.3 is 15.7 Å². The number of aromatic nitrogens is 2. The molecule has 2 aromatic rings. The maximum absolute atomic E-state index is 9.10. The smallest absolute Gasteiger partial charge is 0.147 e. The fourth-order valence-electron chi connectivity index (χ4n) is 1.82. The number of likely N-dealkylation sites (N-methyl/N-ethyl adjacent to an activating group) is 1. The summed E-state index contributed by atoms with van der Waals surface area (Å²) in [5.74, 6) is 0.513. The Morgan fingerprint density at radius 2 is 2.33 bits per heavy atom. The predicted molar refractivity (Wildman–Crippen MR) is 74.7 cm³/mol. The van der Waals surface area contributed by atoms with Gasteiger partial charge in [-0.15, -0.1) is 0 Å². The number of aliphatic hydroxyl groups is 1. The van der Waals surface area contributed by atoms with Crippen LogP contribution in [0.15, 0.2) is 24.5 Å². The minimum atomic E-state index is 0.109. The molecule has 0 aromatic carbocycles. The lowest BCUT2D eigenvalue weighted by molar-refractivity contribution is 0.302. The van der Waals surface area contributed by atoms with Gasteiger partial charge in [0.25, 0.3) is 0 Å². The highest BCUT2D eigenvalue weighted by atomic mass is 32.1. The van der Waals surface area contributed by atoms with Crippen molar-refractivity contribution in [2.24, 2.45) is 0 Å². The van der Waals surface area contributed by atoms with Crippen molar-refractivity contribution >= 4 is 22.4 Å². The van der Waals surface area contributed by atoms with Crippen LogP contribution in [0.5, 0.6) is 0 Å². The van der Waals surface area contributed by atoms with Crippen molar-refractivity contribution in [3.8, 4) is 11.1 Å². The van der Waals surface area contributed by atoms with Crippen LogP contribution in [0.4, 0.5) is 10.8 Å². The van der Waals surface area contributed by atoms with E-state index in [9.17, 15) is 0 Å². The van der Waals surface area contributed by atoms with E-state index in [0.29, 0.717) is 12.4 Å². The van der Waals surface area contributed by atoms with Crippen molar-refractivity contribution in [3.63, 3.8) is 0 Å². The van der Waals surface area contributed by atoms with Gasteiger partial charge in [0.15, 0.2) is 0 Å². The van der Waals surface area contributed by atoms with Gasteiger partial charge >= 0.3 is 0 Å². The maximum Gasteiger partial charge on any atom is 0.147 e. The highest BCUT2D eigenvalue weighted by Gasteiger charge is 2.18. The van der Waals surface area contributed by atoms with Crippen molar-refractivity contribution in [1.29, 1.82) is 0 Å². The normalized spacial score (nSPS) is 10.6. The van der Waals surface area contributed by atoms with E-state index in [1.165, 1.54) is 11.5 Å². The van der Waals surface area contributed by atoms with Crippen LogP contribution >= 0.6 is 11.5 Å². The van der Waals surface area contributed by atoms with Crippen LogP contribution in [-0.2, 0) is 0 Å². The van der Waals surface area contributed by atoms with Crippen molar-refractivity contribution in [1.82, 2.24) is 9.36 Å². The van der Waals surface area contributed by atoms with E-state index in [-0.39, 0.29) is 6.61 Å². The molecule has 0 radical (unpaired) electrons. The quantitative estimate of drug-likeness (QED) is 0.858. The van der Waals surface area contributed by atoms with E-state index in [1.54, 1.807) is 12.4 Å². The third-order valence-corrected chi connectivity index (χ3v) is 3.61. The summed E-state index contributed by atoms with van der Waals surface area (Å²) >= 11 is 1.36. The molecule has 18 heavy (non-hydrogen) atoms. The number of anilines is 2. The number of hydrogen-bond donors (Lipinski definition) is 2. The lowest BCUT2D eigenvalue weighted by atomic mass is 10.1. The molecular formula is C12H16N4OS. The molecule has 0 atom stereocenters. The first-order valence-electron chi connectivity index (χ1n) is 5.79. The molecule has 0 aliphatic heterocycles. The van der Waals surface area contributed by atoms with Crippen LogP contribution in [0.1, 0.15) is 6.92 Å². The molecule has 0 saturated heterocycles. The molecule has 96 valence electrons. The summed E-state index contributed by atoms with van der Waals surface area (Å²) in [5, 5.41) is 10.1. The molecule has 0 unspecified atom stereocenters. The lowest BCUT2D eigenvalue weighted by Gasteiger charge is -2.21. The van der Waals surface area contributed by atoms with Gasteiger partial charge in [-0.3, -0.25) is 4.98 Å². The summed E-state index contributed by atoms with van der Waals surface area (Å²) in [4.78, 5) is 6.17. The second kappa shape index (κ2) is 5.79. The second-order valence-corrected chi connectivity index (χ2v) is 4.54. The Kier molecular flexibility index (Phi) is 4.11. The third-order valence-electron chi connectivity index (χ3n) is 2.69. The number of hydrogen-bond acceptors (Lipinski definition) is 6. The van der Waals surface area contributed by atoms with Gasteiger partial charge in [-0.1, -0.05) is 6.07 Å². The molecular weight excluding hydrogens is 248 g/mol. The first kappa shape index (κ1) is 12.8. The Hall–Kier alpha value is -1.66. The minimum absolute atomic E-state index is 0.109. The molecule has 3 N–H and O–H groups in total. The topological polar surface area (TPSA) is 75.3 Å². The van der Waals surface area contributed by atoms with Crippen LogP contribution in [0.2, 0.25) is 0 Å². The summed E-state index contributed by atoms with van der Waals surface area (Å²) in [6.07, 6.45) is 3.50. The second-order valence-electron chi connectivity index (χ2n) is 3.79. The molecule has 2 rings (SSSR count). The van der Waals surface area contributed by atoms with Gasteiger partial charge in [-0.25, -0.2) is 0 Å². The summed E-state index contributed by atoms with van der Waals surface area (Å²) in [6.45, 7) is 3.53. The molecule has 0 spiro atoms. The molecule has 0 aliphatic rings. The van der Waals surface area contributed by atoms with Crippen LogP contribution in [0, 0.1) is 0 Å². The average molecular weight is 264 g/mol. The summed E-state index contributed by atoms with van der Waals surface area (Å²) < 4.78 is 4.21. The molecule has 0 amide bonds. The highest BCUT2D eigenvalue weighted by Crippen LogP contribution is 2.38. The molecule has 0 fully saturated rings. The zero-order valence-corrected chi connectivity index (χ0v) is 11.0. The van der Waals surface area contributed by atoms with Gasteiger partial charge in [-0.2, -0.15) is 4.37 Å². The monoisotopic (exact) mass is 264 g/mol. The van der Waals surface area contributed by atoms with E-state index in [4.69, 9.17) is 10.8 Å². The summed E-state index contributed by atoms with van der Waals surface area (Å²) in [5.41, 5.74) is 7.80. The third kappa shape index (κ3) is 2.44. The Morgan fingerprint density at radius 3 is 2.94 bits per heavy atom. The Balaban J connectivity index is 2.44. The Labute approximate surface area is 110 Å². The van der Waals surface area contributed by atoms with Gasteiger partial charge in [-0.05, 0) is 24.5 Å². The summed E-state index contributed by atoms with van der Waals surface area (Å²) in [6, 6.07) is 3.84. The average Bonchev–Trinajstić information content (AvgIpc) is 2.79. The zero-order valence-electron chi connectivity index (χ0n) is 10.2. The fourth-order valence-corrected chi connectivity index (χ4v) is 2.74. The number of aliphatic hydroxyl groups excluding tert-OH is 1. The van der Waals surface area contributed by atoms with E-state index in [2.05, 4.69) is 14.3 Å². The molecule has 0 saturated carbocycles. The Morgan fingerprint density at radius 1 is 1.50 bits per heavy atom. The summed E-state index contributed by atoms with van der Waals surface area (Å²) in [7, 11) is 0. The standard InChI is InChI=1S/C12H16N4OS/c1-2-16(6-7-17)12-10(11(13)15-18-12)9-4-3-5-14-8-9/h3-5,8,17H,2,6-7H2,1H3,(H2,13,15). The zero-order chi connectivity index (χ0) is 13.0. The van der Waals surface area contributed by atoms with Gasteiger partial charge in [0.1, 0.15) is 10.8 Å². The minimum Gasteiger partial charge on any atom is -0.395 e. The van der Waals surface area contributed by atoms with E-state index in [0.717, 1.165) is 22.7 Å². The number of rotatable bonds is 5. The number of nitrogens with two attached hydrogens (primary N) is 1. The lowest BCUT2D eigenvalue weighted by Crippen LogP contribution is -2.25. The van der Waals surface area contributed by atoms with Crippen LogP contribution < -0.4 is 10.6 Å². The van der Waals surface area contributed by atoms with Crippen molar-refractivity contribution in [2.75, 3.05) is 30.3 Å². The number of pyridine rings is 1. The molecule has 2 aromatic heterocycles. The van der Waals surface area contributed by atoms with E-state index < -0.39 is 0 Å². The SMILES string of the molecule is CCN(CCO)c1snc(N)c1-c1cccnc1. The van der Waals surface area contributed by atoms with Crippen molar-refractivity contribution in [2.45, 2.75) is 6.92 Å². The first-order valence-corrected chi connectivity index (χ1v) is 6.56. The molecule has 6 heteroatoms. The van der Waals surface area contributed by atoms with Crippen molar-refractivity contribution < 1.29 is 5.11 Å². The van der Waals surface area contributed by atoms with Crippen LogP contribution in [0.3, 0.4) is 0 Å². The highest BCUT2D eigenvalue weighted by molar-refractivity contribution is 7.11.